The lowest BCUT2D eigenvalue weighted by Gasteiger charge is -2.25. The highest BCUT2D eigenvalue weighted by Gasteiger charge is 2.32. The Morgan fingerprint density at radius 2 is 0.905 bits per heavy atom. The van der Waals surface area contributed by atoms with Crippen LogP contribution in [0.15, 0.2) is 48.5 Å². The van der Waals surface area contributed by atoms with E-state index in [1.807, 2.05) is 0 Å². The third-order valence-corrected chi connectivity index (χ3v) is 7.47. The Morgan fingerprint density at radius 1 is 0.548 bits per heavy atom. The summed E-state index contributed by atoms with van der Waals surface area (Å²) in [5.41, 5.74) is 0.827. The second-order valence-corrected chi connectivity index (χ2v) is 10.8. The summed E-state index contributed by atoms with van der Waals surface area (Å²) in [6.07, 6.45) is 10.3. The summed E-state index contributed by atoms with van der Waals surface area (Å²) in [7, 11) is 0. The van der Waals surface area contributed by atoms with E-state index in [0.29, 0.717) is 61.5 Å². The van der Waals surface area contributed by atoms with Crippen molar-refractivity contribution in [3.63, 3.8) is 0 Å². The molecule has 1 saturated carbocycles. The Kier molecular flexibility index (Phi) is 14.1. The van der Waals surface area contributed by atoms with Gasteiger partial charge in [-0.2, -0.15) is 0 Å². The molecule has 0 amide bonds. The van der Waals surface area contributed by atoms with Gasteiger partial charge in [0.25, 0.3) is 0 Å². The molecule has 0 N–H and O–H groups in total. The minimum atomic E-state index is -0.388. The molecule has 0 spiro atoms. The van der Waals surface area contributed by atoms with Crippen LogP contribution in [0, 0.1) is 11.8 Å². The van der Waals surface area contributed by atoms with Crippen molar-refractivity contribution < 1.29 is 38.1 Å². The van der Waals surface area contributed by atoms with Crippen molar-refractivity contribution in [2.24, 2.45) is 11.8 Å². The molecule has 8 heteroatoms. The molecule has 0 aromatic heterocycles. The van der Waals surface area contributed by atoms with Gasteiger partial charge in [0.05, 0.1) is 36.2 Å². The van der Waals surface area contributed by atoms with Crippen LogP contribution in [0.1, 0.15) is 112 Å². The summed E-state index contributed by atoms with van der Waals surface area (Å²) in [4.78, 5) is 49.8. The van der Waals surface area contributed by atoms with Gasteiger partial charge in [0.15, 0.2) is 0 Å². The lowest BCUT2D eigenvalue weighted by molar-refractivity contribution is -0.145. The summed E-state index contributed by atoms with van der Waals surface area (Å²) >= 11 is 0. The van der Waals surface area contributed by atoms with Crippen molar-refractivity contribution in [3.05, 3.63) is 59.7 Å². The molecule has 0 heterocycles. The number of ether oxygens (including phenoxy) is 4. The first kappa shape index (κ1) is 32.8. The van der Waals surface area contributed by atoms with Gasteiger partial charge in [-0.25, -0.2) is 9.59 Å². The minimum Gasteiger partial charge on any atom is -0.462 e. The standard InChI is InChI=1S/C34H44O8/c1-3-5-7-9-23-39-31(35)25-15-19-29(20-16-25)41-33(37)27-11-13-28(14-12-27)34(38)42-30-21-17-26(18-22-30)32(36)40-24-10-8-6-4-2/h15-22,27-28H,3-14,23-24H2,1-2H3. The molecule has 0 bridgehead atoms. The van der Waals surface area contributed by atoms with Gasteiger partial charge in [0.2, 0.25) is 0 Å². The molecule has 1 aliphatic carbocycles. The average molecular weight is 581 g/mol. The second kappa shape index (κ2) is 18.0. The van der Waals surface area contributed by atoms with Crippen LogP contribution in [0.5, 0.6) is 11.5 Å². The van der Waals surface area contributed by atoms with Crippen LogP contribution in [-0.2, 0) is 19.1 Å². The zero-order chi connectivity index (χ0) is 30.2. The van der Waals surface area contributed by atoms with E-state index >= 15 is 0 Å². The Hall–Kier alpha value is -3.68. The topological polar surface area (TPSA) is 105 Å². The third kappa shape index (κ3) is 11.0. The zero-order valence-electron chi connectivity index (χ0n) is 24.9. The molecule has 42 heavy (non-hydrogen) atoms. The molecule has 1 aliphatic rings. The molecule has 1 fully saturated rings. The number of esters is 4. The molecule has 2 aromatic rings. The Labute approximate surface area is 249 Å². The van der Waals surface area contributed by atoms with Gasteiger partial charge in [0.1, 0.15) is 11.5 Å². The van der Waals surface area contributed by atoms with E-state index in [4.69, 9.17) is 18.9 Å². The average Bonchev–Trinajstić information content (AvgIpc) is 3.01. The van der Waals surface area contributed by atoms with Crippen LogP contribution in [0.25, 0.3) is 0 Å². The maximum Gasteiger partial charge on any atom is 0.338 e. The normalized spacial score (nSPS) is 16.3. The van der Waals surface area contributed by atoms with Crippen LogP contribution in [0.2, 0.25) is 0 Å². The van der Waals surface area contributed by atoms with E-state index in [2.05, 4.69) is 13.8 Å². The monoisotopic (exact) mass is 580 g/mol. The fraction of sp³-hybridized carbons (Fsp3) is 0.529. The fourth-order valence-electron chi connectivity index (χ4n) is 4.84. The number of hydrogen-bond donors (Lipinski definition) is 0. The maximum absolute atomic E-state index is 12.7. The number of carbonyl (C=O) groups is 4. The molecule has 3 rings (SSSR count). The minimum absolute atomic E-state index is 0.311. The highest BCUT2D eigenvalue weighted by molar-refractivity contribution is 5.90. The Morgan fingerprint density at radius 3 is 1.24 bits per heavy atom. The number of carbonyl (C=O) groups excluding carboxylic acids is 4. The van der Waals surface area contributed by atoms with Crippen LogP contribution >= 0.6 is 0 Å². The molecule has 0 atom stereocenters. The summed E-state index contributed by atoms with van der Waals surface area (Å²) < 4.78 is 21.6. The quantitative estimate of drug-likeness (QED) is 0.114. The number of hydrogen-bond acceptors (Lipinski definition) is 8. The molecule has 2 aromatic carbocycles. The van der Waals surface area contributed by atoms with Crippen LogP contribution in [0.3, 0.4) is 0 Å². The van der Waals surface area contributed by atoms with Crippen molar-refractivity contribution in [1.29, 1.82) is 0 Å². The van der Waals surface area contributed by atoms with Crippen LogP contribution < -0.4 is 9.47 Å². The molecule has 8 nitrogen and oxygen atoms in total. The summed E-state index contributed by atoms with van der Waals surface area (Å²) in [6.45, 7) is 5.05. The summed E-state index contributed by atoms with van der Waals surface area (Å²) in [5.74, 6) is -1.36. The smallest absolute Gasteiger partial charge is 0.338 e. The lowest BCUT2D eigenvalue weighted by Crippen LogP contribution is -2.30. The van der Waals surface area contributed by atoms with Gasteiger partial charge in [-0.1, -0.05) is 52.4 Å². The number of unbranched alkanes of at least 4 members (excludes halogenated alkanes) is 6. The molecular weight excluding hydrogens is 536 g/mol. The van der Waals surface area contributed by atoms with E-state index in [0.717, 1.165) is 51.4 Å². The van der Waals surface area contributed by atoms with E-state index in [9.17, 15) is 19.2 Å². The SMILES string of the molecule is CCCCCCOC(=O)c1ccc(OC(=O)C2CCC(C(=O)Oc3ccc(C(=O)OCCCCCC)cc3)CC2)cc1. The van der Waals surface area contributed by atoms with Crippen molar-refractivity contribution in [2.45, 2.75) is 90.9 Å². The predicted octanol–water partition coefficient (Wildman–Crippen LogP) is 7.48. The molecule has 0 radical (unpaired) electrons. The number of benzene rings is 2. The van der Waals surface area contributed by atoms with Crippen molar-refractivity contribution in [3.8, 4) is 11.5 Å². The Bertz CT molecular complexity index is 1040. The highest BCUT2D eigenvalue weighted by Crippen LogP contribution is 2.31. The van der Waals surface area contributed by atoms with Crippen molar-refractivity contribution in [2.75, 3.05) is 13.2 Å². The van der Waals surface area contributed by atoms with E-state index in [-0.39, 0.29) is 35.7 Å². The van der Waals surface area contributed by atoms with Gasteiger partial charge in [-0.3, -0.25) is 9.59 Å². The maximum atomic E-state index is 12.7. The zero-order valence-corrected chi connectivity index (χ0v) is 24.9. The Balaban J connectivity index is 1.37. The molecular formula is C34H44O8. The number of rotatable bonds is 16. The van der Waals surface area contributed by atoms with Gasteiger partial charge < -0.3 is 18.9 Å². The largest absolute Gasteiger partial charge is 0.462 e. The van der Waals surface area contributed by atoms with Crippen LogP contribution in [-0.4, -0.2) is 37.1 Å². The van der Waals surface area contributed by atoms with Crippen molar-refractivity contribution >= 4 is 23.9 Å². The van der Waals surface area contributed by atoms with E-state index in [1.54, 1.807) is 48.5 Å². The highest BCUT2D eigenvalue weighted by atomic mass is 16.5. The van der Waals surface area contributed by atoms with Crippen molar-refractivity contribution in [1.82, 2.24) is 0 Å². The fourth-order valence-corrected chi connectivity index (χ4v) is 4.84. The predicted molar refractivity (Wildman–Crippen MR) is 158 cm³/mol. The lowest BCUT2D eigenvalue weighted by atomic mass is 9.82. The van der Waals surface area contributed by atoms with Gasteiger partial charge in [-0.05, 0) is 87.1 Å². The third-order valence-electron chi connectivity index (χ3n) is 7.47. The molecule has 0 aliphatic heterocycles. The van der Waals surface area contributed by atoms with E-state index in [1.165, 1.54) is 0 Å². The van der Waals surface area contributed by atoms with E-state index < -0.39 is 0 Å². The van der Waals surface area contributed by atoms with Gasteiger partial charge in [-0.15, -0.1) is 0 Å². The summed E-state index contributed by atoms with van der Waals surface area (Å²) in [5, 5.41) is 0. The second-order valence-electron chi connectivity index (χ2n) is 10.8. The van der Waals surface area contributed by atoms with Gasteiger partial charge in [0, 0.05) is 0 Å². The first-order valence-electron chi connectivity index (χ1n) is 15.4. The summed E-state index contributed by atoms with van der Waals surface area (Å²) in [6, 6.07) is 12.7. The molecule has 228 valence electrons. The van der Waals surface area contributed by atoms with Crippen LogP contribution in [0.4, 0.5) is 0 Å². The first-order chi connectivity index (χ1) is 20.4. The molecule has 0 saturated heterocycles. The van der Waals surface area contributed by atoms with Gasteiger partial charge >= 0.3 is 23.9 Å². The first-order valence-corrected chi connectivity index (χ1v) is 15.4. The molecule has 0 unspecified atom stereocenters.